The van der Waals surface area contributed by atoms with Gasteiger partial charge in [-0.15, -0.1) is 0 Å². The molecule has 3 rings (SSSR count). The van der Waals surface area contributed by atoms with Gasteiger partial charge in [0.25, 0.3) is 0 Å². The molecule has 4 heteroatoms. The quantitative estimate of drug-likeness (QED) is 0.647. The monoisotopic (exact) mass is 203 g/mol. The zero-order chi connectivity index (χ0) is 10.3. The molecule has 2 aromatic rings. The molecule has 1 aliphatic heterocycles. The van der Waals surface area contributed by atoms with E-state index < -0.39 is 0 Å². The number of aromatic nitrogens is 2. The lowest BCUT2D eigenvalue weighted by Gasteiger charge is -2.04. The average molecular weight is 203 g/mol. The van der Waals surface area contributed by atoms with Gasteiger partial charge in [-0.05, 0) is 18.6 Å². The number of β-amino-alcohol motifs (C(OH)–C–C–N with tert-alkyl or cyclic N) is 1. The number of benzene rings is 1. The molecule has 4 nitrogen and oxygen atoms in total. The predicted molar refractivity (Wildman–Crippen MR) is 57.5 cm³/mol. The summed E-state index contributed by atoms with van der Waals surface area (Å²) in [6, 6.07) is 8.12. The minimum Gasteiger partial charge on any atom is -0.392 e. The number of nitrogens with one attached hydrogen (secondary N) is 2. The number of fused-ring (bicyclic) bond motifs is 1. The van der Waals surface area contributed by atoms with Crippen molar-refractivity contribution in [2.45, 2.75) is 18.6 Å². The number of aliphatic hydroxyl groups is 1. The van der Waals surface area contributed by atoms with Gasteiger partial charge < -0.3 is 15.4 Å². The Bertz CT molecular complexity index is 446. The van der Waals surface area contributed by atoms with E-state index in [4.69, 9.17) is 0 Å². The van der Waals surface area contributed by atoms with E-state index in [-0.39, 0.29) is 12.1 Å². The number of para-hydroxylation sites is 2. The van der Waals surface area contributed by atoms with Gasteiger partial charge in [0.15, 0.2) is 0 Å². The third kappa shape index (κ3) is 1.52. The summed E-state index contributed by atoms with van der Waals surface area (Å²) in [5.41, 5.74) is 2.03. The SMILES string of the molecule is O[C@@H]1CN[C@H](c2nc3ccccc3[nH]2)C1. The number of nitrogens with zero attached hydrogens (tertiary/aromatic N) is 1. The van der Waals surface area contributed by atoms with E-state index in [1.54, 1.807) is 0 Å². The van der Waals surface area contributed by atoms with E-state index in [0.29, 0.717) is 6.54 Å². The summed E-state index contributed by atoms with van der Waals surface area (Å²) in [5.74, 6) is 0.924. The molecule has 1 aliphatic rings. The van der Waals surface area contributed by atoms with Crippen LogP contribution in [-0.2, 0) is 0 Å². The summed E-state index contributed by atoms with van der Waals surface area (Å²) in [5, 5.41) is 12.7. The largest absolute Gasteiger partial charge is 0.392 e. The fourth-order valence-corrected chi connectivity index (χ4v) is 2.06. The van der Waals surface area contributed by atoms with Crippen molar-refractivity contribution in [1.29, 1.82) is 0 Å². The molecule has 0 amide bonds. The number of imidazole rings is 1. The predicted octanol–water partition coefficient (Wildman–Crippen LogP) is 0.958. The Kier molecular flexibility index (Phi) is 1.97. The van der Waals surface area contributed by atoms with Crippen LogP contribution in [0.3, 0.4) is 0 Å². The Balaban J connectivity index is 1.98. The van der Waals surface area contributed by atoms with Crippen LogP contribution in [0, 0.1) is 0 Å². The molecule has 0 unspecified atom stereocenters. The van der Waals surface area contributed by atoms with Gasteiger partial charge in [-0.3, -0.25) is 0 Å². The summed E-state index contributed by atoms with van der Waals surface area (Å²) in [6.07, 6.45) is 0.489. The highest BCUT2D eigenvalue weighted by molar-refractivity contribution is 5.74. The molecule has 0 spiro atoms. The first-order valence-corrected chi connectivity index (χ1v) is 5.19. The maximum absolute atomic E-state index is 9.43. The van der Waals surface area contributed by atoms with Gasteiger partial charge in [0.05, 0.1) is 23.2 Å². The summed E-state index contributed by atoms with van der Waals surface area (Å²) in [7, 11) is 0. The molecule has 0 radical (unpaired) electrons. The molecule has 2 heterocycles. The number of hydrogen-bond donors (Lipinski definition) is 3. The molecular formula is C11H13N3O. The van der Waals surface area contributed by atoms with Crippen LogP contribution in [0.1, 0.15) is 18.3 Å². The van der Waals surface area contributed by atoms with Crippen molar-refractivity contribution in [1.82, 2.24) is 15.3 Å². The third-order valence-corrected chi connectivity index (χ3v) is 2.85. The van der Waals surface area contributed by atoms with Gasteiger partial charge in [-0.25, -0.2) is 4.98 Å². The first-order chi connectivity index (χ1) is 7.33. The van der Waals surface area contributed by atoms with Gasteiger partial charge in [-0.2, -0.15) is 0 Å². The lowest BCUT2D eigenvalue weighted by Crippen LogP contribution is -2.15. The van der Waals surface area contributed by atoms with Gasteiger partial charge >= 0.3 is 0 Å². The molecule has 1 aromatic carbocycles. The summed E-state index contributed by atoms with van der Waals surface area (Å²) < 4.78 is 0. The highest BCUT2D eigenvalue weighted by Gasteiger charge is 2.25. The molecule has 1 aromatic heterocycles. The van der Waals surface area contributed by atoms with Crippen LogP contribution in [0.2, 0.25) is 0 Å². The Morgan fingerprint density at radius 1 is 1.33 bits per heavy atom. The Hall–Kier alpha value is -1.39. The van der Waals surface area contributed by atoms with E-state index in [2.05, 4.69) is 15.3 Å². The molecule has 0 saturated carbocycles. The standard InChI is InChI=1S/C11H13N3O/c15-7-5-10(12-6-7)11-13-8-3-1-2-4-9(8)14-11/h1-4,7,10,12,15H,5-6H2,(H,13,14)/t7-,10-/m0/s1. The first-order valence-electron chi connectivity index (χ1n) is 5.19. The molecule has 15 heavy (non-hydrogen) atoms. The van der Waals surface area contributed by atoms with Crippen LogP contribution in [0.15, 0.2) is 24.3 Å². The highest BCUT2D eigenvalue weighted by atomic mass is 16.3. The van der Waals surface area contributed by atoms with Crippen molar-refractivity contribution in [3.63, 3.8) is 0 Å². The van der Waals surface area contributed by atoms with E-state index in [1.165, 1.54) is 0 Å². The van der Waals surface area contributed by atoms with Crippen molar-refractivity contribution in [2.24, 2.45) is 0 Å². The van der Waals surface area contributed by atoms with Crippen molar-refractivity contribution in [3.05, 3.63) is 30.1 Å². The summed E-state index contributed by atoms with van der Waals surface area (Å²) in [6.45, 7) is 0.654. The van der Waals surface area contributed by atoms with E-state index in [1.807, 2.05) is 24.3 Å². The summed E-state index contributed by atoms with van der Waals surface area (Å²) in [4.78, 5) is 7.77. The topological polar surface area (TPSA) is 60.9 Å². The smallest absolute Gasteiger partial charge is 0.124 e. The minimum atomic E-state index is -0.247. The van der Waals surface area contributed by atoms with Crippen molar-refractivity contribution < 1.29 is 5.11 Å². The normalized spacial score (nSPS) is 26.2. The van der Waals surface area contributed by atoms with Crippen LogP contribution in [0.25, 0.3) is 11.0 Å². The van der Waals surface area contributed by atoms with E-state index in [0.717, 1.165) is 23.3 Å². The van der Waals surface area contributed by atoms with Crippen LogP contribution in [-0.4, -0.2) is 27.7 Å². The van der Waals surface area contributed by atoms with E-state index in [9.17, 15) is 5.11 Å². The van der Waals surface area contributed by atoms with Crippen molar-refractivity contribution in [2.75, 3.05) is 6.54 Å². The Morgan fingerprint density at radius 2 is 2.20 bits per heavy atom. The molecule has 78 valence electrons. The fraction of sp³-hybridized carbons (Fsp3) is 0.364. The maximum atomic E-state index is 9.43. The second-order valence-electron chi connectivity index (χ2n) is 3.99. The lowest BCUT2D eigenvalue weighted by atomic mass is 10.2. The van der Waals surface area contributed by atoms with Crippen LogP contribution >= 0.6 is 0 Å². The molecule has 3 N–H and O–H groups in total. The van der Waals surface area contributed by atoms with Gasteiger partial charge in [0, 0.05) is 6.54 Å². The average Bonchev–Trinajstić information content (AvgIpc) is 2.82. The van der Waals surface area contributed by atoms with Crippen molar-refractivity contribution >= 4 is 11.0 Å². The zero-order valence-electron chi connectivity index (χ0n) is 8.27. The third-order valence-electron chi connectivity index (χ3n) is 2.85. The fourth-order valence-electron chi connectivity index (χ4n) is 2.06. The molecular weight excluding hydrogens is 190 g/mol. The Labute approximate surface area is 87.3 Å². The van der Waals surface area contributed by atoms with Gasteiger partial charge in [0.1, 0.15) is 5.82 Å². The second-order valence-corrected chi connectivity index (χ2v) is 3.99. The van der Waals surface area contributed by atoms with Crippen LogP contribution in [0.5, 0.6) is 0 Å². The number of rotatable bonds is 1. The zero-order valence-corrected chi connectivity index (χ0v) is 8.27. The molecule has 0 aliphatic carbocycles. The number of hydrogen-bond acceptors (Lipinski definition) is 3. The van der Waals surface area contributed by atoms with E-state index >= 15 is 0 Å². The second kappa shape index (κ2) is 3.32. The van der Waals surface area contributed by atoms with Gasteiger partial charge in [-0.1, -0.05) is 12.1 Å². The van der Waals surface area contributed by atoms with Gasteiger partial charge in [0.2, 0.25) is 0 Å². The number of aliphatic hydroxyl groups excluding tert-OH is 1. The minimum absolute atomic E-state index is 0.160. The first kappa shape index (κ1) is 8.88. The molecule has 1 saturated heterocycles. The van der Waals surface area contributed by atoms with Crippen molar-refractivity contribution in [3.8, 4) is 0 Å². The lowest BCUT2D eigenvalue weighted by molar-refractivity contribution is 0.193. The molecule has 0 bridgehead atoms. The molecule has 2 atom stereocenters. The highest BCUT2D eigenvalue weighted by Crippen LogP contribution is 2.23. The van der Waals surface area contributed by atoms with Crippen LogP contribution < -0.4 is 5.32 Å². The number of aromatic amines is 1. The number of H-pyrrole nitrogens is 1. The summed E-state index contributed by atoms with van der Waals surface area (Å²) >= 11 is 0. The Morgan fingerprint density at radius 3 is 2.93 bits per heavy atom. The maximum Gasteiger partial charge on any atom is 0.124 e. The van der Waals surface area contributed by atoms with Crippen LogP contribution in [0.4, 0.5) is 0 Å². The molecule has 1 fully saturated rings.